The molecule has 4 heteroatoms. The van der Waals surface area contributed by atoms with Gasteiger partial charge in [0.25, 0.3) is 0 Å². The number of amides is 1. The first-order chi connectivity index (χ1) is 13.5. The van der Waals surface area contributed by atoms with Crippen molar-refractivity contribution in [1.82, 2.24) is 5.32 Å². The maximum atomic E-state index is 12.4. The Bertz CT molecular complexity index is 554. The summed E-state index contributed by atoms with van der Waals surface area (Å²) >= 11 is 0. The minimum absolute atomic E-state index is 0.102. The second-order valence-electron chi connectivity index (χ2n) is 9.65. The van der Waals surface area contributed by atoms with Crippen LogP contribution >= 0.6 is 0 Å². The van der Waals surface area contributed by atoms with Gasteiger partial charge in [-0.25, -0.2) is 4.79 Å². The highest BCUT2D eigenvalue weighted by Gasteiger charge is 2.53. The smallest absolute Gasteiger partial charge is 0.407 e. The number of rotatable bonds is 7. The van der Waals surface area contributed by atoms with Crippen molar-refractivity contribution in [2.75, 3.05) is 13.2 Å². The molecular formula is C24H41NO3. The lowest BCUT2D eigenvalue weighted by Gasteiger charge is -2.55. The van der Waals surface area contributed by atoms with E-state index in [0.29, 0.717) is 43.1 Å². The van der Waals surface area contributed by atoms with Crippen LogP contribution in [0, 0.1) is 23.2 Å². The zero-order chi connectivity index (χ0) is 20.1. The summed E-state index contributed by atoms with van der Waals surface area (Å²) < 4.78 is 12.2. The third-order valence-electron chi connectivity index (χ3n) is 7.85. The number of nitrogens with one attached hydrogen (secondary N) is 1. The maximum Gasteiger partial charge on any atom is 0.407 e. The van der Waals surface area contributed by atoms with E-state index in [1.165, 1.54) is 44.1 Å². The number of fused-ring (bicyclic) bond motifs is 2. The van der Waals surface area contributed by atoms with E-state index in [-0.39, 0.29) is 11.5 Å². The van der Waals surface area contributed by atoms with E-state index in [0.717, 1.165) is 19.3 Å². The first-order valence-corrected chi connectivity index (χ1v) is 11.7. The highest BCUT2D eigenvalue weighted by Crippen LogP contribution is 2.53. The lowest BCUT2D eigenvalue weighted by molar-refractivity contribution is -0.165. The predicted octanol–water partition coefficient (Wildman–Crippen LogP) is 5.86. The molecule has 1 saturated carbocycles. The molecule has 0 aromatic rings. The van der Waals surface area contributed by atoms with Crippen LogP contribution in [0.5, 0.6) is 0 Å². The Morgan fingerprint density at radius 3 is 2.71 bits per heavy atom. The normalized spacial score (nSPS) is 35.9. The summed E-state index contributed by atoms with van der Waals surface area (Å²) in [5.74, 6) is 1.28. The van der Waals surface area contributed by atoms with Crippen molar-refractivity contribution in [2.45, 2.75) is 97.6 Å². The van der Waals surface area contributed by atoms with Gasteiger partial charge in [0.2, 0.25) is 0 Å². The molecule has 2 fully saturated rings. The third-order valence-corrected chi connectivity index (χ3v) is 7.85. The van der Waals surface area contributed by atoms with Crippen LogP contribution in [0.25, 0.3) is 0 Å². The largest absolute Gasteiger partial charge is 0.449 e. The number of carbonyl (C=O) groups excluding carboxylic acids is 1. The van der Waals surface area contributed by atoms with Crippen LogP contribution in [0.2, 0.25) is 0 Å². The monoisotopic (exact) mass is 391 g/mol. The Morgan fingerprint density at radius 2 is 2.00 bits per heavy atom. The molecule has 0 spiro atoms. The minimum atomic E-state index is -0.242. The standard InChI is InChI=1S/C24H41NO3/c1-5-6-8-13-21-22-17(2)14-18(3)24(15-27-21,19(22)4)16-28-23(26)25-20-11-9-7-10-12-20/h14,18-22H,5-13,15-16H2,1-4H3,(H,25,26)/t18?,19-,21?,22?,24+/m0/s1. The molecule has 2 aliphatic carbocycles. The van der Waals surface area contributed by atoms with Gasteiger partial charge in [-0.15, -0.1) is 0 Å². The number of allylic oxidation sites excluding steroid dienone is 1. The summed E-state index contributed by atoms with van der Waals surface area (Å²) in [6, 6.07) is 0.292. The number of ether oxygens (including phenoxy) is 2. The fraction of sp³-hybridized carbons (Fsp3) is 0.875. The van der Waals surface area contributed by atoms with Gasteiger partial charge < -0.3 is 14.8 Å². The first kappa shape index (κ1) is 21.7. The van der Waals surface area contributed by atoms with Crippen molar-refractivity contribution < 1.29 is 14.3 Å². The molecule has 0 aromatic heterocycles. The predicted molar refractivity (Wildman–Crippen MR) is 113 cm³/mol. The van der Waals surface area contributed by atoms with Crippen LogP contribution in [0.3, 0.4) is 0 Å². The molecule has 2 bridgehead atoms. The topological polar surface area (TPSA) is 47.6 Å². The fourth-order valence-electron chi connectivity index (χ4n) is 5.90. The Kier molecular flexibility index (Phi) is 7.47. The maximum absolute atomic E-state index is 12.4. The van der Waals surface area contributed by atoms with Crippen LogP contribution in [-0.2, 0) is 9.47 Å². The van der Waals surface area contributed by atoms with Gasteiger partial charge in [-0.2, -0.15) is 0 Å². The zero-order valence-electron chi connectivity index (χ0n) is 18.5. The van der Waals surface area contributed by atoms with Gasteiger partial charge in [-0.3, -0.25) is 0 Å². The molecule has 0 radical (unpaired) electrons. The molecule has 1 amide bonds. The molecule has 3 aliphatic rings. The molecule has 1 saturated heterocycles. The molecule has 4 nitrogen and oxygen atoms in total. The second-order valence-corrected chi connectivity index (χ2v) is 9.65. The van der Waals surface area contributed by atoms with Crippen LogP contribution in [0.15, 0.2) is 11.6 Å². The van der Waals surface area contributed by atoms with Crippen LogP contribution in [0.1, 0.15) is 85.5 Å². The Balaban J connectivity index is 1.62. The van der Waals surface area contributed by atoms with Crippen molar-refractivity contribution in [3.63, 3.8) is 0 Å². The minimum Gasteiger partial charge on any atom is -0.449 e. The van der Waals surface area contributed by atoms with Crippen LogP contribution in [-0.4, -0.2) is 31.5 Å². The van der Waals surface area contributed by atoms with Crippen molar-refractivity contribution in [2.24, 2.45) is 23.2 Å². The Labute approximate surface area is 171 Å². The van der Waals surface area contributed by atoms with Gasteiger partial charge in [0.05, 0.1) is 12.7 Å². The highest BCUT2D eigenvalue weighted by atomic mass is 16.6. The highest BCUT2D eigenvalue weighted by molar-refractivity contribution is 5.67. The molecule has 1 heterocycles. The van der Waals surface area contributed by atoms with Crippen molar-refractivity contribution in [1.29, 1.82) is 0 Å². The average Bonchev–Trinajstić information content (AvgIpc) is 2.67. The number of alkyl carbamates (subject to hydrolysis) is 1. The summed E-state index contributed by atoms with van der Waals surface area (Å²) in [5, 5.41) is 3.09. The van der Waals surface area contributed by atoms with Crippen molar-refractivity contribution >= 4 is 6.09 Å². The van der Waals surface area contributed by atoms with E-state index in [1.54, 1.807) is 0 Å². The molecule has 3 rings (SSSR count). The SMILES string of the molecule is CCCCCC1OC[C@@]2(COC(=O)NC3CCCCC3)C(C)C=C(C)C1[C@@H]2C. The van der Waals surface area contributed by atoms with Crippen LogP contribution in [0.4, 0.5) is 4.79 Å². The molecule has 1 N–H and O–H groups in total. The van der Waals surface area contributed by atoms with E-state index in [4.69, 9.17) is 9.47 Å². The number of hydrogen-bond acceptors (Lipinski definition) is 3. The fourth-order valence-corrected chi connectivity index (χ4v) is 5.90. The molecule has 160 valence electrons. The van der Waals surface area contributed by atoms with Gasteiger partial charge in [-0.1, -0.05) is 70.9 Å². The van der Waals surface area contributed by atoms with Gasteiger partial charge in [0.1, 0.15) is 6.61 Å². The number of unbranched alkanes of at least 4 members (excludes halogenated alkanes) is 2. The zero-order valence-corrected chi connectivity index (χ0v) is 18.5. The average molecular weight is 392 g/mol. The van der Waals surface area contributed by atoms with E-state index >= 15 is 0 Å². The van der Waals surface area contributed by atoms with Crippen LogP contribution < -0.4 is 5.32 Å². The van der Waals surface area contributed by atoms with Crippen molar-refractivity contribution in [3.8, 4) is 0 Å². The van der Waals surface area contributed by atoms with E-state index in [2.05, 4.69) is 39.1 Å². The van der Waals surface area contributed by atoms with Gasteiger partial charge in [0, 0.05) is 17.4 Å². The molecule has 5 atom stereocenters. The molecule has 1 aliphatic heterocycles. The third kappa shape index (κ3) is 4.58. The van der Waals surface area contributed by atoms with E-state index < -0.39 is 0 Å². The molecular weight excluding hydrogens is 350 g/mol. The van der Waals surface area contributed by atoms with Crippen molar-refractivity contribution in [3.05, 3.63) is 11.6 Å². The van der Waals surface area contributed by atoms with Gasteiger partial charge in [-0.05, 0) is 38.0 Å². The first-order valence-electron chi connectivity index (χ1n) is 11.7. The van der Waals surface area contributed by atoms with Gasteiger partial charge in [0.15, 0.2) is 0 Å². The lowest BCUT2D eigenvalue weighted by Crippen LogP contribution is -2.57. The summed E-state index contributed by atoms with van der Waals surface area (Å²) in [5.41, 5.74) is 1.36. The molecule has 28 heavy (non-hydrogen) atoms. The Hall–Kier alpha value is -1.03. The summed E-state index contributed by atoms with van der Waals surface area (Å²) in [6.45, 7) is 10.3. The number of carbonyl (C=O) groups is 1. The Morgan fingerprint density at radius 1 is 1.25 bits per heavy atom. The molecule has 3 unspecified atom stereocenters. The van der Waals surface area contributed by atoms with E-state index in [9.17, 15) is 4.79 Å². The summed E-state index contributed by atoms with van der Waals surface area (Å²) in [6.07, 6.45) is 13.3. The molecule has 0 aromatic carbocycles. The summed E-state index contributed by atoms with van der Waals surface area (Å²) in [7, 11) is 0. The van der Waals surface area contributed by atoms with Gasteiger partial charge >= 0.3 is 6.09 Å². The quantitative estimate of drug-likeness (QED) is 0.437. The summed E-state index contributed by atoms with van der Waals surface area (Å²) in [4.78, 5) is 12.4. The van der Waals surface area contributed by atoms with E-state index in [1.807, 2.05) is 0 Å². The number of hydrogen-bond donors (Lipinski definition) is 1. The lowest BCUT2D eigenvalue weighted by atomic mass is 9.56. The second kappa shape index (κ2) is 9.65.